The molecule has 0 saturated carbocycles. The number of hydrogen-bond acceptors (Lipinski definition) is 4. The molecule has 0 aliphatic carbocycles. The molecule has 0 spiro atoms. The Hall–Kier alpha value is -2.45. The van der Waals surface area contributed by atoms with Crippen LogP contribution in [-0.4, -0.2) is 38.8 Å². The lowest BCUT2D eigenvalue weighted by atomic mass is 10.1. The minimum atomic E-state index is -3.83. The number of anilines is 1. The first-order valence-corrected chi connectivity index (χ1v) is 9.94. The van der Waals surface area contributed by atoms with Gasteiger partial charge in [-0.3, -0.25) is 4.79 Å². The second kappa shape index (κ2) is 8.49. The Labute approximate surface area is 159 Å². The number of carbonyl (C=O) groups excluding carboxylic acids is 1. The average molecular weight is 394 g/mol. The molecule has 1 N–H and O–H groups in total. The van der Waals surface area contributed by atoms with E-state index < -0.39 is 21.7 Å². The molecule has 0 aliphatic rings. The van der Waals surface area contributed by atoms with Gasteiger partial charge in [0.1, 0.15) is 16.5 Å². The summed E-state index contributed by atoms with van der Waals surface area (Å²) in [6.45, 7) is 5.76. The number of ether oxygens (including phenoxy) is 1. The molecule has 0 atom stereocenters. The first kappa shape index (κ1) is 20.9. The largest absolute Gasteiger partial charge is 0.495 e. The van der Waals surface area contributed by atoms with Gasteiger partial charge in [-0.2, -0.15) is 4.31 Å². The molecule has 0 bridgehead atoms. The number of methoxy groups -OCH3 is 1. The van der Waals surface area contributed by atoms with Crippen LogP contribution in [0.15, 0.2) is 41.3 Å². The van der Waals surface area contributed by atoms with Gasteiger partial charge in [-0.1, -0.05) is 19.9 Å². The topological polar surface area (TPSA) is 75.7 Å². The van der Waals surface area contributed by atoms with E-state index in [2.05, 4.69) is 5.32 Å². The van der Waals surface area contributed by atoms with Gasteiger partial charge in [0, 0.05) is 18.7 Å². The first-order chi connectivity index (χ1) is 12.7. The quantitative estimate of drug-likeness (QED) is 0.781. The summed E-state index contributed by atoms with van der Waals surface area (Å²) in [5.41, 5.74) is 0.832. The minimum absolute atomic E-state index is 0.0227. The smallest absolute Gasteiger partial charge is 0.255 e. The van der Waals surface area contributed by atoms with Crippen LogP contribution < -0.4 is 10.1 Å². The number of nitrogens with zero attached hydrogens (tertiary/aromatic N) is 1. The average Bonchev–Trinajstić information content (AvgIpc) is 2.64. The second-order valence-electron chi connectivity index (χ2n) is 5.89. The van der Waals surface area contributed by atoms with Crippen molar-refractivity contribution < 1.29 is 22.3 Å². The molecule has 27 heavy (non-hydrogen) atoms. The van der Waals surface area contributed by atoms with Gasteiger partial charge in [0.2, 0.25) is 10.0 Å². The van der Waals surface area contributed by atoms with Crippen molar-refractivity contribution in [1.82, 2.24) is 4.31 Å². The van der Waals surface area contributed by atoms with E-state index in [4.69, 9.17) is 4.74 Å². The van der Waals surface area contributed by atoms with E-state index in [0.29, 0.717) is 0 Å². The Morgan fingerprint density at radius 2 is 1.81 bits per heavy atom. The predicted molar refractivity (Wildman–Crippen MR) is 102 cm³/mol. The maximum absolute atomic E-state index is 14.0. The Morgan fingerprint density at radius 3 is 2.37 bits per heavy atom. The van der Waals surface area contributed by atoms with Crippen LogP contribution in [0, 0.1) is 12.7 Å². The number of benzene rings is 2. The fraction of sp³-hybridized carbons (Fsp3) is 0.316. The summed E-state index contributed by atoms with van der Waals surface area (Å²) in [4.78, 5) is 12.4. The molecule has 0 fully saturated rings. The van der Waals surface area contributed by atoms with Gasteiger partial charge in [-0.05, 0) is 42.8 Å². The van der Waals surface area contributed by atoms with E-state index >= 15 is 0 Å². The van der Waals surface area contributed by atoms with Crippen LogP contribution in [0.1, 0.15) is 29.8 Å². The predicted octanol–water partition coefficient (Wildman–Crippen LogP) is 3.43. The normalized spacial score (nSPS) is 11.5. The first-order valence-electron chi connectivity index (χ1n) is 8.50. The van der Waals surface area contributed by atoms with Gasteiger partial charge < -0.3 is 10.1 Å². The van der Waals surface area contributed by atoms with Crippen molar-refractivity contribution in [2.24, 2.45) is 0 Å². The molecule has 2 rings (SSSR count). The highest BCUT2D eigenvalue weighted by Gasteiger charge is 2.27. The zero-order valence-corrected chi connectivity index (χ0v) is 16.6. The Balaban J connectivity index is 2.43. The van der Waals surface area contributed by atoms with Gasteiger partial charge in [0.25, 0.3) is 5.91 Å². The number of aryl methyl sites for hydroxylation is 1. The molecule has 0 radical (unpaired) electrons. The minimum Gasteiger partial charge on any atom is -0.495 e. The Kier molecular flexibility index (Phi) is 6.56. The van der Waals surface area contributed by atoms with Crippen LogP contribution in [-0.2, 0) is 10.0 Å². The van der Waals surface area contributed by atoms with E-state index in [9.17, 15) is 17.6 Å². The van der Waals surface area contributed by atoms with Gasteiger partial charge in [-0.25, -0.2) is 12.8 Å². The third-order valence-electron chi connectivity index (χ3n) is 4.12. The van der Waals surface area contributed by atoms with Crippen molar-refractivity contribution in [3.05, 3.63) is 53.3 Å². The summed E-state index contributed by atoms with van der Waals surface area (Å²) >= 11 is 0. The van der Waals surface area contributed by atoms with Crippen molar-refractivity contribution in [2.75, 3.05) is 25.5 Å². The van der Waals surface area contributed by atoms with E-state index in [1.54, 1.807) is 26.8 Å². The second-order valence-corrected chi connectivity index (χ2v) is 7.80. The molecule has 6 nitrogen and oxygen atoms in total. The van der Waals surface area contributed by atoms with Gasteiger partial charge in [-0.15, -0.1) is 0 Å². The number of hydrogen-bond donors (Lipinski definition) is 1. The van der Waals surface area contributed by atoms with Crippen molar-refractivity contribution >= 4 is 21.6 Å². The number of carbonyl (C=O) groups is 1. The standard InChI is InChI=1S/C19H23FN2O4S/c1-5-22(6-2)27(24,25)18-12-14(8-10-17(18)26-4)19(23)21-16-9-7-13(3)11-15(16)20/h7-12H,5-6H2,1-4H3,(H,21,23). The lowest BCUT2D eigenvalue weighted by Gasteiger charge is -2.20. The molecule has 2 aromatic rings. The zero-order chi connectivity index (χ0) is 20.2. The van der Waals surface area contributed by atoms with Crippen LogP contribution >= 0.6 is 0 Å². The SMILES string of the molecule is CCN(CC)S(=O)(=O)c1cc(C(=O)Nc2ccc(C)cc2F)ccc1OC. The molecule has 8 heteroatoms. The summed E-state index contributed by atoms with van der Waals surface area (Å²) in [6, 6.07) is 8.52. The monoisotopic (exact) mass is 394 g/mol. The molecular weight excluding hydrogens is 371 g/mol. The number of nitrogens with one attached hydrogen (secondary N) is 1. The maximum atomic E-state index is 14.0. The maximum Gasteiger partial charge on any atom is 0.255 e. The molecule has 146 valence electrons. The molecule has 0 unspecified atom stereocenters. The van der Waals surface area contributed by atoms with Crippen LogP contribution in [0.4, 0.5) is 10.1 Å². The summed E-state index contributed by atoms with van der Waals surface area (Å²) in [6.07, 6.45) is 0. The molecule has 0 heterocycles. The summed E-state index contributed by atoms with van der Waals surface area (Å²) in [5, 5.41) is 2.46. The van der Waals surface area contributed by atoms with Gasteiger partial charge in [0.15, 0.2) is 0 Å². The highest BCUT2D eigenvalue weighted by atomic mass is 32.2. The van der Waals surface area contributed by atoms with Crippen LogP contribution in [0.5, 0.6) is 5.75 Å². The summed E-state index contributed by atoms with van der Waals surface area (Å²) in [7, 11) is -2.47. The third kappa shape index (κ3) is 4.45. The van der Waals surface area contributed by atoms with Crippen molar-refractivity contribution in [1.29, 1.82) is 0 Å². The number of sulfonamides is 1. The summed E-state index contributed by atoms with van der Waals surface area (Å²) in [5.74, 6) is -1.04. The lowest BCUT2D eigenvalue weighted by molar-refractivity contribution is 0.102. The van der Waals surface area contributed by atoms with E-state index in [1.165, 1.54) is 41.7 Å². The molecule has 0 aliphatic heterocycles. The highest BCUT2D eigenvalue weighted by Crippen LogP contribution is 2.28. The fourth-order valence-corrected chi connectivity index (χ4v) is 4.28. The van der Waals surface area contributed by atoms with Gasteiger partial charge >= 0.3 is 0 Å². The lowest BCUT2D eigenvalue weighted by Crippen LogP contribution is -2.31. The molecule has 1 amide bonds. The van der Waals surface area contributed by atoms with Crippen LogP contribution in [0.2, 0.25) is 0 Å². The zero-order valence-electron chi connectivity index (χ0n) is 15.7. The molecular formula is C19H23FN2O4S. The third-order valence-corrected chi connectivity index (χ3v) is 6.19. The number of halogens is 1. The van der Waals surface area contributed by atoms with E-state index in [1.807, 2.05) is 0 Å². The molecule has 2 aromatic carbocycles. The summed E-state index contributed by atoms with van der Waals surface area (Å²) < 4.78 is 46.1. The number of amides is 1. The van der Waals surface area contributed by atoms with E-state index in [0.717, 1.165) is 5.56 Å². The Morgan fingerprint density at radius 1 is 1.15 bits per heavy atom. The van der Waals surface area contributed by atoms with Gasteiger partial charge in [0.05, 0.1) is 12.8 Å². The van der Waals surface area contributed by atoms with Crippen molar-refractivity contribution in [3.8, 4) is 5.75 Å². The molecule has 0 aromatic heterocycles. The van der Waals surface area contributed by atoms with Crippen LogP contribution in [0.25, 0.3) is 0 Å². The van der Waals surface area contributed by atoms with Crippen LogP contribution in [0.3, 0.4) is 0 Å². The fourth-order valence-electron chi connectivity index (χ4n) is 2.64. The highest BCUT2D eigenvalue weighted by molar-refractivity contribution is 7.89. The number of rotatable bonds is 7. The van der Waals surface area contributed by atoms with Crippen molar-refractivity contribution in [2.45, 2.75) is 25.7 Å². The van der Waals surface area contributed by atoms with E-state index in [-0.39, 0.29) is 35.0 Å². The van der Waals surface area contributed by atoms with Crippen molar-refractivity contribution in [3.63, 3.8) is 0 Å². The molecule has 0 saturated heterocycles. The Bertz CT molecular complexity index is 941.